The van der Waals surface area contributed by atoms with Gasteiger partial charge < -0.3 is 15.4 Å². The van der Waals surface area contributed by atoms with E-state index in [1.54, 1.807) is 0 Å². The van der Waals surface area contributed by atoms with Crippen LogP contribution in [0.25, 0.3) is 22.2 Å². The largest absolute Gasteiger partial charge is 0.392 e. The van der Waals surface area contributed by atoms with E-state index in [2.05, 4.69) is 39.5 Å². The Kier molecular flexibility index (Phi) is 5.63. The van der Waals surface area contributed by atoms with Gasteiger partial charge in [0, 0.05) is 35.2 Å². The molecule has 3 aromatic rings. The average Bonchev–Trinajstić information content (AvgIpc) is 3.32. The van der Waals surface area contributed by atoms with E-state index in [1.807, 2.05) is 12.1 Å². The Bertz CT molecular complexity index is 1050. The number of hydrogen-bond acceptors (Lipinski definition) is 3. The number of aromatic amines is 1. The van der Waals surface area contributed by atoms with Crippen molar-refractivity contribution in [1.29, 1.82) is 0 Å². The number of nitrogens with one attached hydrogen (secondary N) is 2. The molecule has 6 heteroatoms. The fourth-order valence-corrected chi connectivity index (χ4v) is 4.58. The van der Waals surface area contributed by atoms with Crippen LogP contribution in [0.3, 0.4) is 0 Å². The maximum Gasteiger partial charge on any atom is 0.252 e. The highest BCUT2D eigenvalue weighted by molar-refractivity contribution is 6.05. The van der Waals surface area contributed by atoms with Crippen molar-refractivity contribution in [3.63, 3.8) is 0 Å². The molecule has 5 nitrogen and oxygen atoms in total. The van der Waals surface area contributed by atoms with Crippen molar-refractivity contribution in [1.82, 2.24) is 15.2 Å². The molecule has 29 heavy (non-hydrogen) atoms. The number of fused-ring (bicyclic) bond motifs is 2. The van der Waals surface area contributed by atoms with Crippen LogP contribution in [0.1, 0.15) is 46.3 Å². The second-order valence-electron chi connectivity index (χ2n) is 7.91. The van der Waals surface area contributed by atoms with Crippen LogP contribution in [-0.2, 0) is 19.7 Å². The van der Waals surface area contributed by atoms with E-state index in [0.717, 1.165) is 34.4 Å². The van der Waals surface area contributed by atoms with Crippen LogP contribution >= 0.6 is 12.4 Å². The van der Waals surface area contributed by atoms with Crippen molar-refractivity contribution in [2.75, 3.05) is 13.1 Å². The summed E-state index contributed by atoms with van der Waals surface area (Å²) in [4.78, 5) is 18.4. The summed E-state index contributed by atoms with van der Waals surface area (Å²) in [5.41, 5.74) is 6.67. The molecular weight excluding hydrogens is 386 g/mol. The van der Waals surface area contributed by atoms with E-state index < -0.39 is 0 Å². The third-order valence-corrected chi connectivity index (χ3v) is 6.06. The van der Waals surface area contributed by atoms with Gasteiger partial charge in [0.05, 0.1) is 12.2 Å². The smallest absolute Gasteiger partial charge is 0.252 e. The van der Waals surface area contributed by atoms with Crippen LogP contribution in [0.5, 0.6) is 0 Å². The molecule has 0 atom stereocenters. The number of carbonyl (C=O) groups excluding carboxylic acids is 1. The minimum absolute atomic E-state index is 0. The zero-order valence-corrected chi connectivity index (χ0v) is 17.1. The van der Waals surface area contributed by atoms with Crippen LogP contribution in [0.15, 0.2) is 36.4 Å². The number of likely N-dealkylation sites (tertiary alicyclic amines) is 1. The van der Waals surface area contributed by atoms with Gasteiger partial charge in [0.2, 0.25) is 0 Å². The number of piperidine rings is 1. The molecule has 0 radical (unpaired) electrons. The van der Waals surface area contributed by atoms with Crippen LogP contribution < -0.4 is 5.32 Å². The summed E-state index contributed by atoms with van der Waals surface area (Å²) < 4.78 is 0. The van der Waals surface area contributed by atoms with Gasteiger partial charge in [-0.15, -0.1) is 12.4 Å². The minimum atomic E-state index is -0.0651. The first-order chi connectivity index (χ1) is 13.7. The molecule has 3 N–H and O–H groups in total. The molecule has 5 rings (SSSR count). The molecular formula is C23H26ClN3O2. The highest BCUT2D eigenvalue weighted by atomic mass is 35.5. The molecule has 1 amide bonds. The van der Waals surface area contributed by atoms with E-state index >= 15 is 0 Å². The molecule has 3 heterocycles. The SMILES string of the molecule is Cl.O=C1NCc2c(CO)ccc(-c3cc4cc(CN5CCCCC5)ccc4[nH]3)c21. The molecule has 1 saturated heterocycles. The molecule has 152 valence electrons. The van der Waals surface area contributed by atoms with Crippen molar-refractivity contribution in [2.24, 2.45) is 0 Å². The maximum absolute atomic E-state index is 12.4. The Morgan fingerprint density at radius 3 is 2.66 bits per heavy atom. The molecule has 0 bridgehead atoms. The number of aromatic nitrogens is 1. The third-order valence-electron chi connectivity index (χ3n) is 6.06. The molecule has 0 aliphatic carbocycles. The predicted octanol–water partition coefficient (Wildman–Crippen LogP) is 3.98. The van der Waals surface area contributed by atoms with Crippen LogP contribution in [0, 0.1) is 0 Å². The molecule has 2 aromatic carbocycles. The highest BCUT2D eigenvalue weighted by Crippen LogP contribution is 2.33. The predicted molar refractivity (Wildman–Crippen MR) is 117 cm³/mol. The Morgan fingerprint density at radius 1 is 1.03 bits per heavy atom. The van der Waals surface area contributed by atoms with E-state index in [9.17, 15) is 9.90 Å². The van der Waals surface area contributed by atoms with Gasteiger partial charge in [-0.3, -0.25) is 9.69 Å². The van der Waals surface area contributed by atoms with Crippen molar-refractivity contribution >= 4 is 29.2 Å². The van der Waals surface area contributed by atoms with Crippen molar-refractivity contribution < 1.29 is 9.90 Å². The van der Waals surface area contributed by atoms with Gasteiger partial charge in [0.25, 0.3) is 5.91 Å². The van der Waals surface area contributed by atoms with E-state index in [1.165, 1.54) is 43.3 Å². The standard InChI is InChI=1S/C23H25N3O2.ClH/c27-14-16-5-6-18(22-19(16)12-24-23(22)28)21-11-17-10-15(4-7-20(17)25-21)13-26-8-2-1-3-9-26;/h4-7,10-11,25,27H,1-3,8-9,12-14H2,(H,24,28);1H. The Labute approximate surface area is 176 Å². The normalized spacial score (nSPS) is 16.5. The molecule has 1 aromatic heterocycles. The van der Waals surface area contributed by atoms with Gasteiger partial charge in [-0.2, -0.15) is 0 Å². The molecule has 0 spiro atoms. The van der Waals surface area contributed by atoms with E-state index in [0.29, 0.717) is 12.1 Å². The highest BCUT2D eigenvalue weighted by Gasteiger charge is 2.26. The Hall–Kier alpha value is -2.34. The number of aliphatic hydroxyl groups is 1. The number of H-pyrrole nitrogens is 1. The number of halogens is 1. The zero-order chi connectivity index (χ0) is 19.1. The number of benzene rings is 2. The topological polar surface area (TPSA) is 68.4 Å². The Morgan fingerprint density at radius 2 is 1.86 bits per heavy atom. The van der Waals surface area contributed by atoms with Gasteiger partial charge in [-0.25, -0.2) is 0 Å². The average molecular weight is 412 g/mol. The van der Waals surface area contributed by atoms with E-state index in [-0.39, 0.29) is 24.9 Å². The summed E-state index contributed by atoms with van der Waals surface area (Å²) >= 11 is 0. The molecule has 0 saturated carbocycles. The zero-order valence-electron chi connectivity index (χ0n) is 16.3. The first-order valence-corrected chi connectivity index (χ1v) is 10.1. The lowest BCUT2D eigenvalue weighted by molar-refractivity contribution is 0.0966. The number of nitrogens with zero attached hydrogens (tertiary/aromatic N) is 1. The lowest BCUT2D eigenvalue weighted by atomic mass is 9.96. The number of rotatable bonds is 4. The van der Waals surface area contributed by atoms with Crippen molar-refractivity contribution in [2.45, 2.75) is 39.0 Å². The summed E-state index contributed by atoms with van der Waals surface area (Å²) in [6, 6.07) is 12.6. The van der Waals surface area contributed by atoms with Crippen LogP contribution in [0.4, 0.5) is 0 Å². The van der Waals surface area contributed by atoms with Crippen LogP contribution in [0.2, 0.25) is 0 Å². The molecule has 2 aliphatic rings. The number of carbonyl (C=O) groups is 1. The lowest BCUT2D eigenvalue weighted by Gasteiger charge is -2.26. The van der Waals surface area contributed by atoms with Crippen molar-refractivity contribution in [3.8, 4) is 11.3 Å². The third kappa shape index (κ3) is 3.66. The quantitative estimate of drug-likeness (QED) is 0.608. The van der Waals surface area contributed by atoms with Gasteiger partial charge in [-0.1, -0.05) is 24.6 Å². The van der Waals surface area contributed by atoms with Crippen molar-refractivity contribution in [3.05, 3.63) is 58.7 Å². The first kappa shape index (κ1) is 20.0. The Balaban J connectivity index is 0.00000205. The number of hydrogen-bond donors (Lipinski definition) is 3. The fraction of sp³-hybridized carbons (Fsp3) is 0.348. The van der Waals surface area contributed by atoms with Crippen LogP contribution in [-0.4, -0.2) is 34.0 Å². The van der Waals surface area contributed by atoms with Gasteiger partial charge in [-0.05, 0) is 60.8 Å². The first-order valence-electron chi connectivity index (χ1n) is 10.1. The molecule has 1 fully saturated rings. The summed E-state index contributed by atoms with van der Waals surface area (Å²) in [6.07, 6.45) is 3.95. The maximum atomic E-state index is 12.4. The lowest BCUT2D eigenvalue weighted by Crippen LogP contribution is -2.28. The summed E-state index contributed by atoms with van der Waals surface area (Å²) in [5.74, 6) is -0.0651. The monoisotopic (exact) mass is 411 g/mol. The minimum Gasteiger partial charge on any atom is -0.392 e. The van der Waals surface area contributed by atoms with Gasteiger partial charge >= 0.3 is 0 Å². The molecule has 2 aliphatic heterocycles. The summed E-state index contributed by atoms with van der Waals surface area (Å²) in [7, 11) is 0. The second kappa shape index (κ2) is 8.19. The number of amides is 1. The van der Waals surface area contributed by atoms with E-state index in [4.69, 9.17) is 0 Å². The summed E-state index contributed by atoms with van der Waals surface area (Å²) in [5, 5.41) is 13.6. The number of aliphatic hydroxyl groups excluding tert-OH is 1. The van der Waals surface area contributed by atoms with Gasteiger partial charge in [0.15, 0.2) is 0 Å². The fourth-order valence-electron chi connectivity index (χ4n) is 4.58. The van der Waals surface area contributed by atoms with Gasteiger partial charge in [0.1, 0.15) is 0 Å². The summed E-state index contributed by atoms with van der Waals surface area (Å²) in [6.45, 7) is 3.81. The second-order valence-corrected chi connectivity index (χ2v) is 7.91. The molecule has 0 unspecified atom stereocenters.